The number of aliphatic hydroxyl groups is 2. The second-order valence-corrected chi connectivity index (χ2v) is 11.2. The van der Waals surface area contributed by atoms with E-state index in [1.165, 1.54) is 76.7 Å². The van der Waals surface area contributed by atoms with E-state index in [4.69, 9.17) is 4.55 Å². The van der Waals surface area contributed by atoms with E-state index in [1.54, 1.807) is 9.48 Å². The lowest BCUT2D eigenvalue weighted by Gasteiger charge is -2.11. The molecule has 9 heteroatoms. The number of amidine groups is 1. The molecule has 0 spiro atoms. The third-order valence-electron chi connectivity index (χ3n) is 6.41. The Balaban J connectivity index is 2.30. The minimum Gasteiger partial charge on any atom is -0.392 e. The van der Waals surface area contributed by atoms with Gasteiger partial charge in [0.25, 0.3) is 15.9 Å². The molecule has 1 unspecified atom stereocenters. The minimum atomic E-state index is -4.30. The van der Waals surface area contributed by atoms with Crippen LogP contribution in [0, 0.1) is 0 Å². The maximum atomic E-state index is 12.8. The number of allylic oxidation sites excluding steroid dienone is 1. The van der Waals surface area contributed by atoms with Crippen LogP contribution in [-0.2, 0) is 14.9 Å². The molecule has 1 atom stereocenters. The standard InChI is InChI=1S/C26H48N2O6S/c1-2-3-4-5-6-7-8-9-10-11-12-13-14-15-16-17-25(31)26-27(20-21-29)18-19-28(26)22-24(30)23-35(32,33)34/h16-17,24,29-30H,2-15,18-23H2,1H3/p+1/b17-16+. The second-order valence-electron chi connectivity index (χ2n) is 9.68. The van der Waals surface area contributed by atoms with Crippen LogP contribution < -0.4 is 0 Å². The van der Waals surface area contributed by atoms with Gasteiger partial charge < -0.3 is 10.2 Å². The van der Waals surface area contributed by atoms with E-state index in [2.05, 4.69) is 6.92 Å². The fourth-order valence-corrected chi connectivity index (χ4v) is 5.17. The summed E-state index contributed by atoms with van der Waals surface area (Å²) in [5.41, 5.74) is 0. The van der Waals surface area contributed by atoms with Gasteiger partial charge in [-0.2, -0.15) is 8.42 Å². The number of hydrogen-bond acceptors (Lipinski definition) is 6. The van der Waals surface area contributed by atoms with Crippen LogP contribution in [0.5, 0.6) is 0 Å². The van der Waals surface area contributed by atoms with Crippen molar-refractivity contribution >= 4 is 21.7 Å². The van der Waals surface area contributed by atoms with Crippen LogP contribution in [0.4, 0.5) is 0 Å². The molecular weight excluding hydrogens is 468 g/mol. The number of rotatable bonds is 22. The Morgan fingerprint density at radius 3 is 2.06 bits per heavy atom. The number of unbranched alkanes of at least 4 members (excludes halogenated alkanes) is 13. The summed E-state index contributed by atoms with van der Waals surface area (Å²) in [6, 6.07) is 0. The largest absolute Gasteiger partial charge is 0.392 e. The number of carbonyl (C=O) groups excluding carboxylic acids is 1. The molecule has 3 N–H and O–H groups in total. The molecule has 0 bridgehead atoms. The van der Waals surface area contributed by atoms with E-state index >= 15 is 0 Å². The molecule has 1 rings (SSSR count). The Bertz CT molecular complexity index is 751. The zero-order valence-electron chi connectivity index (χ0n) is 21.7. The van der Waals surface area contributed by atoms with Gasteiger partial charge in [-0.3, -0.25) is 18.8 Å². The summed E-state index contributed by atoms with van der Waals surface area (Å²) >= 11 is 0. The predicted octanol–water partition coefficient (Wildman–Crippen LogP) is 3.56. The predicted molar refractivity (Wildman–Crippen MR) is 141 cm³/mol. The second kappa shape index (κ2) is 18.9. The van der Waals surface area contributed by atoms with E-state index in [0.717, 1.165) is 19.3 Å². The van der Waals surface area contributed by atoms with Gasteiger partial charge in [0.1, 0.15) is 38.0 Å². The van der Waals surface area contributed by atoms with Gasteiger partial charge in [0.05, 0.1) is 6.61 Å². The first kappa shape index (κ1) is 31.7. The number of hydrogen-bond donors (Lipinski definition) is 3. The average molecular weight is 518 g/mol. The number of aliphatic hydroxyl groups excluding tert-OH is 2. The van der Waals surface area contributed by atoms with E-state index in [1.807, 2.05) is 6.08 Å². The summed E-state index contributed by atoms with van der Waals surface area (Å²) in [7, 11) is -4.30. The molecule has 0 aliphatic carbocycles. The Morgan fingerprint density at radius 1 is 1.00 bits per heavy atom. The summed E-state index contributed by atoms with van der Waals surface area (Å²) in [4.78, 5) is 14.6. The van der Waals surface area contributed by atoms with Crippen molar-refractivity contribution < 1.29 is 32.6 Å². The number of ketones is 1. The van der Waals surface area contributed by atoms with Gasteiger partial charge >= 0.3 is 5.84 Å². The third kappa shape index (κ3) is 15.4. The van der Waals surface area contributed by atoms with Gasteiger partial charge in [0.15, 0.2) is 0 Å². The fourth-order valence-electron chi connectivity index (χ4n) is 4.58. The van der Waals surface area contributed by atoms with Crippen molar-refractivity contribution in [3.8, 4) is 0 Å². The maximum absolute atomic E-state index is 12.8. The number of carbonyl (C=O) groups is 1. The zero-order valence-corrected chi connectivity index (χ0v) is 22.6. The lowest BCUT2D eigenvalue weighted by molar-refractivity contribution is -0.525. The van der Waals surface area contributed by atoms with Crippen LogP contribution in [0.15, 0.2) is 12.2 Å². The topological polar surface area (TPSA) is 118 Å². The molecular formula is C26H49N2O6S+. The third-order valence-corrected chi connectivity index (χ3v) is 7.21. The van der Waals surface area contributed by atoms with Crippen molar-refractivity contribution in [2.45, 2.75) is 103 Å². The number of nitrogens with zero attached hydrogens (tertiary/aromatic N) is 2. The van der Waals surface area contributed by atoms with Crippen LogP contribution in [0.25, 0.3) is 0 Å². The molecule has 1 heterocycles. The molecule has 0 aromatic heterocycles. The first-order chi connectivity index (χ1) is 16.8. The summed E-state index contributed by atoms with van der Waals surface area (Å²) in [6.45, 7) is 3.30. The van der Waals surface area contributed by atoms with Crippen molar-refractivity contribution in [3.63, 3.8) is 0 Å². The molecule has 0 fully saturated rings. The molecule has 0 aromatic carbocycles. The summed E-state index contributed by atoms with van der Waals surface area (Å²) < 4.78 is 32.6. The first-order valence-corrected chi connectivity index (χ1v) is 15.2. The molecule has 0 aromatic rings. The maximum Gasteiger partial charge on any atom is 0.320 e. The normalized spacial score (nSPS) is 15.5. The van der Waals surface area contributed by atoms with Crippen molar-refractivity contribution in [2.24, 2.45) is 0 Å². The van der Waals surface area contributed by atoms with Crippen LogP contribution in [0.1, 0.15) is 96.8 Å². The van der Waals surface area contributed by atoms with E-state index < -0.39 is 22.0 Å². The van der Waals surface area contributed by atoms with Crippen LogP contribution in [0.3, 0.4) is 0 Å². The number of β-amino-alcohol motifs (C(OH)–C–C–N with tert-alkyl or cyclic N) is 2. The van der Waals surface area contributed by atoms with Gasteiger partial charge in [-0.15, -0.1) is 0 Å². The molecule has 35 heavy (non-hydrogen) atoms. The van der Waals surface area contributed by atoms with Crippen molar-refractivity contribution in [3.05, 3.63) is 12.2 Å². The lowest BCUT2D eigenvalue weighted by atomic mass is 10.0. The van der Waals surface area contributed by atoms with Gasteiger partial charge in [0.2, 0.25) is 0 Å². The van der Waals surface area contributed by atoms with Gasteiger partial charge in [0, 0.05) is 0 Å². The van der Waals surface area contributed by atoms with Crippen molar-refractivity contribution in [1.29, 1.82) is 0 Å². The Labute approximate surface area is 212 Å². The molecule has 0 radical (unpaired) electrons. The lowest BCUT2D eigenvalue weighted by Crippen LogP contribution is -2.39. The molecule has 0 saturated heterocycles. The fraction of sp³-hybridized carbons (Fsp3) is 0.846. The van der Waals surface area contributed by atoms with Gasteiger partial charge in [-0.1, -0.05) is 90.0 Å². The summed E-state index contributed by atoms with van der Waals surface area (Å²) in [6.07, 6.45) is 19.8. The molecule has 0 amide bonds. The highest BCUT2D eigenvalue weighted by Gasteiger charge is 2.35. The van der Waals surface area contributed by atoms with E-state index in [9.17, 15) is 23.4 Å². The average Bonchev–Trinajstić information content (AvgIpc) is 3.17. The molecule has 8 nitrogen and oxygen atoms in total. The quantitative estimate of drug-likeness (QED) is 0.0870. The summed E-state index contributed by atoms with van der Waals surface area (Å²) in [5, 5.41) is 19.3. The monoisotopic (exact) mass is 517 g/mol. The minimum absolute atomic E-state index is 0.0739. The van der Waals surface area contributed by atoms with E-state index in [-0.39, 0.29) is 18.9 Å². The highest BCUT2D eigenvalue weighted by atomic mass is 32.2. The Morgan fingerprint density at radius 2 is 1.54 bits per heavy atom. The summed E-state index contributed by atoms with van der Waals surface area (Å²) in [5.74, 6) is -0.639. The molecule has 204 valence electrons. The SMILES string of the molecule is CCCCCCCCCCCCCCC/C=C/C(=O)C1=[N+](CC(O)CS(=O)(=O)O)CCN1CCO. The smallest absolute Gasteiger partial charge is 0.320 e. The first-order valence-electron chi connectivity index (χ1n) is 13.6. The highest BCUT2D eigenvalue weighted by molar-refractivity contribution is 7.85. The highest BCUT2D eigenvalue weighted by Crippen LogP contribution is 2.13. The van der Waals surface area contributed by atoms with Crippen molar-refractivity contribution in [2.75, 3.05) is 38.5 Å². The Kier molecular flexibility index (Phi) is 17.1. The van der Waals surface area contributed by atoms with E-state index in [0.29, 0.717) is 25.5 Å². The van der Waals surface area contributed by atoms with Crippen LogP contribution in [-0.4, -0.2) is 88.9 Å². The Hall–Kier alpha value is -1.29. The van der Waals surface area contributed by atoms with Crippen molar-refractivity contribution in [1.82, 2.24) is 4.90 Å². The molecule has 0 saturated carbocycles. The van der Waals surface area contributed by atoms with Crippen LogP contribution in [0.2, 0.25) is 0 Å². The molecule has 1 aliphatic heterocycles. The molecule has 1 aliphatic rings. The van der Waals surface area contributed by atoms with Gasteiger partial charge in [-0.25, -0.2) is 0 Å². The van der Waals surface area contributed by atoms with Crippen LogP contribution >= 0.6 is 0 Å². The zero-order chi connectivity index (χ0) is 25.9. The van der Waals surface area contributed by atoms with Gasteiger partial charge in [-0.05, 0) is 18.9 Å².